The van der Waals surface area contributed by atoms with Gasteiger partial charge in [0, 0.05) is 6.54 Å². The van der Waals surface area contributed by atoms with Gasteiger partial charge in [0.25, 0.3) is 0 Å². The van der Waals surface area contributed by atoms with E-state index in [4.69, 9.17) is 4.74 Å². The molecule has 0 saturated heterocycles. The van der Waals surface area contributed by atoms with Crippen LogP contribution in [0.1, 0.15) is 34.1 Å². The Bertz CT molecular complexity index is 467. The Labute approximate surface area is 126 Å². The van der Waals surface area contributed by atoms with Gasteiger partial charge in [0.05, 0.1) is 5.83 Å². The molecule has 21 heavy (non-hydrogen) atoms. The maximum absolute atomic E-state index is 13.1. The van der Waals surface area contributed by atoms with Crippen molar-refractivity contribution in [3.63, 3.8) is 0 Å². The van der Waals surface area contributed by atoms with Crippen LogP contribution < -0.4 is 10.1 Å². The van der Waals surface area contributed by atoms with Crippen LogP contribution in [0.4, 0.5) is 9.18 Å². The Balaban J connectivity index is 0.00000191. The Morgan fingerprint density at radius 2 is 1.90 bits per heavy atom. The lowest BCUT2D eigenvalue weighted by Gasteiger charge is -2.07. The smallest absolute Gasteiger partial charge is 0.410 e. The van der Waals surface area contributed by atoms with E-state index in [1.54, 1.807) is 44.2 Å². The number of allylic oxidation sites excluding steroid dienone is 2. The van der Waals surface area contributed by atoms with Gasteiger partial charge in [-0.2, -0.15) is 0 Å². The lowest BCUT2D eigenvalue weighted by atomic mass is 10.2. The molecule has 1 rings (SSSR count). The van der Waals surface area contributed by atoms with E-state index in [2.05, 4.69) is 5.32 Å². The normalized spacial score (nSPS) is 11.3. The summed E-state index contributed by atoms with van der Waals surface area (Å²) in [4.78, 5) is 11.5. The molecule has 3 nitrogen and oxygen atoms in total. The van der Waals surface area contributed by atoms with Crippen molar-refractivity contribution in [2.45, 2.75) is 34.1 Å². The second-order valence-electron chi connectivity index (χ2n) is 3.86. The summed E-state index contributed by atoms with van der Waals surface area (Å²) in [6.45, 7) is 7.75. The van der Waals surface area contributed by atoms with Gasteiger partial charge in [-0.3, -0.25) is 0 Å². The van der Waals surface area contributed by atoms with E-state index in [9.17, 15) is 9.18 Å². The van der Waals surface area contributed by atoms with E-state index in [0.29, 0.717) is 17.7 Å². The molecule has 0 aliphatic carbocycles. The van der Waals surface area contributed by atoms with Crippen LogP contribution in [0.15, 0.2) is 53.9 Å². The summed E-state index contributed by atoms with van der Waals surface area (Å²) >= 11 is 0. The van der Waals surface area contributed by atoms with Crippen molar-refractivity contribution in [2.24, 2.45) is 0 Å². The Hall–Kier alpha value is -2.10. The molecule has 0 fully saturated rings. The summed E-state index contributed by atoms with van der Waals surface area (Å²) < 4.78 is 18.2. The van der Waals surface area contributed by atoms with Gasteiger partial charge in [0.2, 0.25) is 0 Å². The predicted molar refractivity (Wildman–Crippen MR) is 85.1 cm³/mol. The number of carbonyl (C=O) groups is 1. The molecule has 0 aromatic heterocycles. The van der Waals surface area contributed by atoms with Gasteiger partial charge in [-0.1, -0.05) is 45.0 Å². The second kappa shape index (κ2) is 11.7. The van der Waals surface area contributed by atoms with E-state index >= 15 is 0 Å². The molecule has 0 atom stereocenters. The zero-order valence-electron chi connectivity index (χ0n) is 13.2. The molecule has 4 heteroatoms. The van der Waals surface area contributed by atoms with Crippen LogP contribution in [-0.4, -0.2) is 12.6 Å². The first-order valence-corrected chi connectivity index (χ1v) is 7.17. The molecule has 0 aliphatic heterocycles. The number of ether oxygens (including phenoxy) is 1. The SMILES string of the molecule is C/C=C(\C=C(\F)CC)CNC(=O)Oc1ccccc1.CC. The molecule has 1 aromatic rings. The molecule has 0 bridgehead atoms. The molecule has 0 aliphatic rings. The van der Waals surface area contributed by atoms with Crippen molar-refractivity contribution in [2.75, 3.05) is 6.54 Å². The molecule has 116 valence electrons. The van der Waals surface area contributed by atoms with Crippen molar-refractivity contribution in [1.82, 2.24) is 5.32 Å². The third kappa shape index (κ3) is 8.63. The lowest BCUT2D eigenvalue weighted by molar-refractivity contribution is 0.201. The number of hydrogen-bond donors (Lipinski definition) is 1. The summed E-state index contributed by atoms with van der Waals surface area (Å²) in [5.74, 6) is 0.253. The first-order valence-electron chi connectivity index (χ1n) is 7.17. The standard InChI is InChI=1S/C15H18FNO2.C2H6/c1-3-12(10-13(16)4-2)11-17-15(18)19-14-8-6-5-7-9-14;1-2/h3,5-10H,4,11H2,1-2H3,(H,17,18);1-2H3/b12-3+,13-10+;. The van der Waals surface area contributed by atoms with Crippen LogP contribution in [0.2, 0.25) is 0 Å². The molecule has 1 aromatic carbocycles. The number of benzene rings is 1. The highest BCUT2D eigenvalue weighted by molar-refractivity contribution is 5.70. The zero-order valence-corrected chi connectivity index (χ0v) is 13.2. The van der Waals surface area contributed by atoms with Gasteiger partial charge in [-0.05, 0) is 37.1 Å². The van der Waals surface area contributed by atoms with Gasteiger partial charge in [-0.15, -0.1) is 0 Å². The quantitative estimate of drug-likeness (QED) is 0.775. The van der Waals surface area contributed by atoms with Crippen LogP contribution in [0, 0.1) is 0 Å². The monoisotopic (exact) mass is 293 g/mol. The van der Waals surface area contributed by atoms with Crippen LogP contribution in [0.25, 0.3) is 0 Å². The number of carbonyl (C=O) groups excluding carboxylic acids is 1. The van der Waals surface area contributed by atoms with Gasteiger partial charge in [-0.25, -0.2) is 9.18 Å². The third-order valence-corrected chi connectivity index (χ3v) is 2.44. The van der Waals surface area contributed by atoms with Crippen molar-refractivity contribution >= 4 is 6.09 Å². The average Bonchev–Trinajstić information content (AvgIpc) is 2.54. The molecule has 0 radical (unpaired) electrons. The fourth-order valence-corrected chi connectivity index (χ4v) is 1.35. The minimum absolute atomic E-state index is 0.216. The van der Waals surface area contributed by atoms with Crippen molar-refractivity contribution in [3.05, 3.63) is 53.9 Å². The minimum Gasteiger partial charge on any atom is -0.410 e. The van der Waals surface area contributed by atoms with Gasteiger partial charge in [0.1, 0.15) is 5.75 Å². The van der Waals surface area contributed by atoms with Crippen LogP contribution in [0.5, 0.6) is 5.75 Å². The zero-order chi connectivity index (χ0) is 16.1. The fourth-order valence-electron chi connectivity index (χ4n) is 1.35. The third-order valence-electron chi connectivity index (χ3n) is 2.44. The summed E-state index contributed by atoms with van der Waals surface area (Å²) in [5, 5.41) is 2.57. The van der Waals surface area contributed by atoms with E-state index in [1.807, 2.05) is 19.9 Å². The van der Waals surface area contributed by atoms with Crippen LogP contribution in [-0.2, 0) is 0 Å². The maximum atomic E-state index is 13.1. The molecule has 0 heterocycles. The summed E-state index contributed by atoms with van der Waals surface area (Å²) in [7, 11) is 0. The number of hydrogen-bond acceptors (Lipinski definition) is 2. The second-order valence-corrected chi connectivity index (χ2v) is 3.86. The summed E-state index contributed by atoms with van der Waals surface area (Å²) in [6.07, 6.45) is 2.95. The van der Waals surface area contributed by atoms with Gasteiger partial charge < -0.3 is 10.1 Å². The number of para-hydroxylation sites is 1. The number of amides is 1. The fraction of sp³-hybridized carbons (Fsp3) is 0.353. The predicted octanol–water partition coefficient (Wildman–Crippen LogP) is 5.01. The van der Waals surface area contributed by atoms with E-state index < -0.39 is 6.09 Å². The van der Waals surface area contributed by atoms with Crippen molar-refractivity contribution < 1.29 is 13.9 Å². The first-order chi connectivity index (χ1) is 10.2. The van der Waals surface area contributed by atoms with Crippen LogP contribution in [0.3, 0.4) is 0 Å². The first kappa shape index (κ1) is 18.9. The van der Waals surface area contributed by atoms with E-state index in [-0.39, 0.29) is 12.4 Å². The maximum Gasteiger partial charge on any atom is 0.412 e. The van der Waals surface area contributed by atoms with E-state index in [0.717, 1.165) is 0 Å². The molecule has 0 saturated carbocycles. The highest BCUT2D eigenvalue weighted by Crippen LogP contribution is 2.09. The Morgan fingerprint density at radius 3 is 2.43 bits per heavy atom. The largest absolute Gasteiger partial charge is 0.412 e. The minimum atomic E-state index is -0.559. The van der Waals surface area contributed by atoms with Gasteiger partial charge in [0.15, 0.2) is 0 Å². The molecule has 0 spiro atoms. The van der Waals surface area contributed by atoms with Crippen molar-refractivity contribution in [3.8, 4) is 5.75 Å². The summed E-state index contributed by atoms with van der Waals surface area (Å²) in [6, 6.07) is 8.76. The highest BCUT2D eigenvalue weighted by atomic mass is 19.1. The highest BCUT2D eigenvalue weighted by Gasteiger charge is 2.04. The van der Waals surface area contributed by atoms with E-state index in [1.165, 1.54) is 6.08 Å². The topological polar surface area (TPSA) is 38.3 Å². The average molecular weight is 293 g/mol. The van der Waals surface area contributed by atoms with Gasteiger partial charge >= 0.3 is 6.09 Å². The van der Waals surface area contributed by atoms with Crippen LogP contribution >= 0.6 is 0 Å². The lowest BCUT2D eigenvalue weighted by Crippen LogP contribution is -2.28. The molecular formula is C17H24FNO2. The Morgan fingerprint density at radius 1 is 1.29 bits per heavy atom. The number of rotatable bonds is 5. The summed E-state index contributed by atoms with van der Waals surface area (Å²) in [5.41, 5.74) is 0.698. The molecule has 0 unspecified atom stereocenters. The molecule has 1 N–H and O–H groups in total. The number of nitrogens with one attached hydrogen (secondary N) is 1. The number of halogens is 1. The van der Waals surface area contributed by atoms with Crippen molar-refractivity contribution in [1.29, 1.82) is 0 Å². The molecular weight excluding hydrogens is 269 g/mol. The Kier molecular flexibility index (Phi) is 10.5. The molecule has 1 amide bonds.